The normalized spacial score (nSPS) is 11.7. The van der Waals surface area contributed by atoms with Gasteiger partial charge in [-0.15, -0.1) is 13.2 Å². The number of nitrogens with two attached hydrogens (primary N) is 1. The van der Waals surface area contributed by atoms with Gasteiger partial charge in [-0.2, -0.15) is 0 Å². The number of carbonyl (C=O) groups excluding carboxylic acids is 1. The molecule has 1 amide bonds. The molecule has 9 heteroatoms. The van der Waals surface area contributed by atoms with E-state index in [1.54, 1.807) is 45.0 Å². The van der Waals surface area contributed by atoms with Crippen LogP contribution < -0.4 is 20.5 Å². The molecule has 3 N–H and O–H groups in total. The zero-order chi connectivity index (χ0) is 21.7. The smallest absolute Gasteiger partial charge is 0.492 e. The lowest BCUT2D eigenvalue weighted by atomic mass is 10.0. The van der Waals surface area contributed by atoms with Crippen LogP contribution in [0.3, 0.4) is 0 Å². The number of amides is 1. The lowest BCUT2D eigenvalue weighted by molar-refractivity contribution is -0.274. The van der Waals surface area contributed by atoms with Gasteiger partial charge in [0.25, 0.3) is 0 Å². The molecule has 0 heterocycles. The molecule has 0 aliphatic heterocycles. The Morgan fingerprint density at radius 3 is 2.45 bits per heavy atom. The fourth-order valence-electron chi connectivity index (χ4n) is 2.38. The summed E-state index contributed by atoms with van der Waals surface area (Å²) < 4.78 is 53.1. The molecule has 29 heavy (non-hydrogen) atoms. The highest BCUT2D eigenvalue weighted by Crippen LogP contribution is 2.37. The minimum atomic E-state index is -4.87. The summed E-state index contributed by atoms with van der Waals surface area (Å²) in [5, 5.41) is 2.49. The van der Waals surface area contributed by atoms with Gasteiger partial charge in [0.1, 0.15) is 23.7 Å². The van der Waals surface area contributed by atoms with Crippen LogP contribution in [0.15, 0.2) is 42.5 Å². The summed E-state index contributed by atoms with van der Waals surface area (Å²) in [7, 11) is 0. The van der Waals surface area contributed by atoms with E-state index in [2.05, 4.69) is 10.1 Å². The van der Waals surface area contributed by atoms with Gasteiger partial charge in [0.15, 0.2) is 0 Å². The molecule has 0 spiro atoms. The SMILES string of the molecule is CC(C)(C)OC(=O)NCCOc1ccc(-c2cccc(N)c2)c(OC(F)(F)F)c1. The van der Waals surface area contributed by atoms with Crippen molar-refractivity contribution in [1.29, 1.82) is 0 Å². The minimum absolute atomic E-state index is 0.0301. The van der Waals surface area contributed by atoms with Gasteiger partial charge in [0.05, 0.1) is 6.54 Å². The average Bonchev–Trinajstić information content (AvgIpc) is 2.56. The number of hydrogen-bond donors (Lipinski definition) is 2. The van der Waals surface area contributed by atoms with Crippen molar-refractivity contribution < 1.29 is 32.2 Å². The van der Waals surface area contributed by atoms with Gasteiger partial charge in [-0.05, 0) is 50.6 Å². The first-order valence-electron chi connectivity index (χ1n) is 8.78. The van der Waals surface area contributed by atoms with Gasteiger partial charge in [0, 0.05) is 17.3 Å². The van der Waals surface area contributed by atoms with E-state index in [-0.39, 0.29) is 24.5 Å². The van der Waals surface area contributed by atoms with E-state index in [1.807, 2.05) is 0 Å². The lowest BCUT2D eigenvalue weighted by Gasteiger charge is -2.19. The maximum Gasteiger partial charge on any atom is 0.573 e. The summed E-state index contributed by atoms with van der Waals surface area (Å²) in [6, 6.07) is 10.5. The van der Waals surface area contributed by atoms with Crippen LogP contribution in [0, 0.1) is 0 Å². The first-order valence-corrected chi connectivity index (χ1v) is 8.78. The second kappa shape index (κ2) is 8.93. The van der Waals surface area contributed by atoms with Gasteiger partial charge in [0.2, 0.25) is 0 Å². The fraction of sp³-hybridized carbons (Fsp3) is 0.350. The highest BCUT2D eigenvalue weighted by Gasteiger charge is 2.32. The molecule has 0 fully saturated rings. The van der Waals surface area contributed by atoms with E-state index in [0.717, 1.165) is 6.07 Å². The van der Waals surface area contributed by atoms with E-state index in [9.17, 15) is 18.0 Å². The molecule has 0 bridgehead atoms. The van der Waals surface area contributed by atoms with Gasteiger partial charge in [-0.1, -0.05) is 12.1 Å². The number of ether oxygens (including phenoxy) is 3. The summed E-state index contributed by atoms with van der Waals surface area (Å²) >= 11 is 0. The Bertz CT molecular complexity index is 848. The van der Waals surface area contributed by atoms with E-state index >= 15 is 0 Å². The van der Waals surface area contributed by atoms with Gasteiger partial charge in [-0.25, -0.2) is 4.79 Å². The Morgan fingerprint density at radius 2 is 1.83 bits per heavy atom. The van der Waals surface area contributed by atoms with Crippen molar-refractivity contribution in [1.82, 2.24) is 5.32 Å². The summed E-state index contributed by atoms with van der Waals surface area (Å²) in [4.78, 5) is 11.6. The molecule has 6 nitrogen and oxygen atoms in total. The highest BCUT2D eigenvalue weighted by atomic mass is 19.4. The summed E-state index contributed by atoms with van der Waals surface area (Å²) in [5.74, 6) is -0.261. The minimum Gasteiger partial charge on any atom is -0.492 e. The molecule has 2 rings (SSSR count). The van der Waals surface area contributed by atoms with Crippen molar-refractivity contribution in [3.8, 4) is 22.6 Å². The first kappa shape index (κ1) is 22.2. The number of anilines is 1. The van der Waals surface area contributed by atoms with Crippen LogP contribution in [0.2, 0.25) is 0 Å². The number of benzene rings is 2. The molecular weight excluding hydrogens is 389 g/mol. The number of rotatable bonds is 6. The topological polar surface area (TPSA) is 82.8 Å². The predicted molar refractivity (Wildman–Crippen MR) is 103 cm³/mol. The van der Waals surface area contributed by atoms with Gasteiger partial charge >= 0.3 is 12.5 Å². The number of alkyl halides is 3. The molecule has 0 aliphatic rings. The molecule has 0 saturated heterocycles. The molecule has 0 radical (unpaired) electrons. The van der Waals surface area contributed by atoms with Crippen LogP contribution in [0.4, 0.5) is 23.7 Å². The molecule has 0 saturated carbocycles. The molecular formula is C20H23F3N2O4. The number of hydrogen-bond acceptors (Lipinski definition) is 5. The third kappa shape index (κ3) is 7.81. The van der Waals surface area contributed by atoms with Gasteiger partial charge < -0.3 is 25.3 Å². The third-order valence-electron chi connectivity index (χ3n) is 3.42. The Hall–Kier alpha value is -3.10. The lowest BCUT2D eigenvalue weighted by Crippen LogP contribution is -2.34. The maximum atomic E-state index is 12.8. The molecule has 0 atom stereocenters. The van der Waals surface area contributed by atoms with Crippen molar-refractivity contribution in [2.24, 2.45) is 0 Å². The van der Waals surface area contributed by atoms with Crippen molar-refractivity contribution >= 4 is 11.8 Å². The largest absolute Gasteiger partial charge is 0.573 e. The summed E-state index contributed by atoms with van der Waals surface area (Å²) in [6.07, 6.45) is -5.48. The second-order valence-corrected chi connectivity index (χ2v) is 7.11. The number of halogens is 3. The van der Waals surface area contributed by atoms with E-state index in [0.29, 0.717) is 11.3 Å². The van der Waals surface area contributed by atoms with Crippen molar-refractivity contribution in [3.05, 3.63) is 42.5 Å². The van der Waals surface area contributed by atoms with Crippen LogP contribution in [-0.2, 0) is 4.74 Å². The predicted octanol–water partition coefficient (Wildman–Crippen LogP) is 4.74. The van der Waals surface area contributed by atoms with Crippen molar-refractivity contribution in [2.45, 2.75) is 32.7 Å². The first-order chi connectivity index (χ1) is 13.4. The van der Waals surface area contributed by atoms with Crippen LogP contribution in [-0.4, -0.2) is 31.2 Å². The Kier molecular flexibility index (Phi) is 6.84. The third-order valence-corrected chi connectivity index (χ3v) is 3.42. The van der Waals surface area contributed by atoms with E-state index in [1.165, 1.54) is 12.1 Å². The van der Waals surface area contributed by atoms with E-state index in [4.69, 9.17) is 15.2 Å². The molecule has 2 aromatic carbocycles. The number of nitrogen functional groups attached to an aromatic ring is 1. The molecule has 0 unspecified atom stereocenters. The van der Waals surface area contributed by atoms with Gasteiger partial charge in [-0.3, -0.25) is 0 Å². The van der Waals surface area contributed by atoms with Crippen LogP contribution in [0.5, 0.6) is 11.5 Å². The molecule has 0 aromatic heterocycles. The monoisotopic (exact) mass is 412 g/mol. The fourth-order valence-corrected chi connectivity index (χ4v) is 2.38. The highest BCUT2D eigenvalue weighted by molar-refractivity contribution is 5.74. The number of carbonyl (C=O) groups is 1. The standard InChI is InChI=1S/C20H23F3N2O4/c1-19(2,3)29-18(26)25-9-10-27-15-7-8-16(13-5-4-6-14(24)11-13)17(12-15)28-20(21,22)23/h4-8,11-12H,9-10,24H2,1-3H3,(H,25,26). The van der Waals surface area contributed by atoms with Crippen LogP contribution in [0.1, 0.15) is 20.8 Å². The zero-order valence-electron chi connectivity index (χ0n) is 16.3. The Morgan fingerprint density at radius 1 is 1.10 bits per heavy atom. The molecule has 0 aliphatic carbocycles. The second-order valence-electron chi connectivity index (χ2n) is 7.11. The summed E-state index contributed by atoms with van der Waals surface area (Å²) in [6.45, 7) is 5.33. The average molecular weight is 412 g/mol. The maximum absolute atomic E-state index is 12.8. The van der Waals surface area contributed by atoms with Crippen LogP contribution >= 0.6 is 0 Å². The molecule has 2 aromatic rings. The summed E-state index contributed by atoms with van der Waals surface area (Å²) in [5.41, 5.74) is 6.18. The zero-order valence-corrected chi connectivity index (χ0v) is 16.3. The van der Waals surface area contributed by atoms with Crippen molar-refractivity contribution in [2.75, 3.05) is 18.9 Å². The Labute approximate surface area is 166 Å². The van der Waals surface area contributed by atoms with Crippen molar-refractivity contribution in [3.63, 3.8) is 0 Å². The molecule has 158 valence electrons. The van der Waals surface area contributed by atoms with E-state index < -0.39 is 23.8 Å². The Balaban J connectivity index is 2.08. The quantitative estimate of drug-likeness (QED) is 0.529. The number of alkyl carbamates (subject to hydrolysis) is 1. The van der Waals surface area contributed by atoms with Crippen LogP contribution in [0.25, 0.3) is 11.1 Å². The number of nitrogens with one attached hydrogen (secondary N) is 1.